The Kier molecular flexibility index (Phi) is 6.39. The van der Waals surface area contributed by atoms with Gasteiger partial charge in [-0.25, -0.2) is 13.9 Å². The van der Waals surface area contributed by atoms with Crippen LogP contribution in [0.5, 0.6) is 0 Å². The minimum atomic E-state index is -0.429. The fourth-order valence-electron chi connectivity index (χ4n) is 4.03. The second kappa shape index (κ2) is 9.20. The van der Waals surface area contributed by atoms with Crippen molar-refractivity contribution in [2.75, 3.05) is 26.2 Å². The number of aryl methyl sites for hydroxylation is 1. The minimum absolute atomic E-state index is 0.310. The highest BCUT2D eigenvalue weighted by atomic mass is 35.5. The Bertz CT molecular complexity index is 1090. The molecular formula is C24H25ClFN3O2. The number of aromatic nitrogens is 2. The van der Waals surface area contributed by atoms with E-state index >= 15 is 0 Å². The second-order valence-corrected chi connectivity index (χ2v) is 7.96. The fraction of sp³-hybridized carbons (Fsp3) is 0.333. The lowest BCUT2D eigenvalue weighted by Crippen LogP contribution is -2.28. The molecule has 31 heavy (non-hydrogen) atoms. The van der Waals surface area contributed by atoms with Gasteiger partial charge in [0.1, 0.15) is 12.4 Å². The van der Waals surface area contributed by atoms with Gasteiger partial charge < -0.3 is 9.64 Å². The lowest BCUT2D eigenvalue weighted by molar-refractivity contribution is 0.0458. The smallest absolute Gasteiger partial charge is 0.359 e. The summed E-state index contributed by atoms with van der Waals surface area (Å²) in [6.07, 6.45) is 1.42. The van der Waals surface area contributed by atoms with Crippen LogP contribution in [-0.2, 0) is 17.6 Å². The van der Waals surface area contributed by atoms with Gasteiger partial charge in [0.25, 0.3) is 0 Å². The Morgan fingerprint density at radius 2 is 1.90 bits per heavy atom. The molecule has 162 valence electrons. The van der Waals surface area contributed by atoms with Crippen LogP contribution in [0, 0.1) is 5.82 Å². The Balaban J connectivity index is 1.73. The molecule has 1 aliphatic rings. The van der Waals surface area contributed by atoms with E-state index in [1.165, 1.54) is 12.1 Å². The van der Waals surface area contributed by atoms with Gasteiger partial charge in [0, 0.05) is 22.7 Å². The summed E-state index contributed by atoms with van der Waals surface area (Å²) in [6, 6.07) is 11.8. The van der Waals surface area contributed by atoms with E-state index < -0.39 is 5.97 Å². The summed E-state index contributed by atoms with van der Waals surface area (Å²) < 4.78 is 20.8. The second-order valence-electron chi connectivity index (χ2n) is 7.53. The first-order valence-electron chi connectivity index (χ1n) is 10.6. The number of benzene rings is 2. The molecule has 1 aliphatic carbocycles. The highest BCUT2D eigenvalue weighted by Crippen LogP contribution is 2.38. The van der Waals surface area contributed by atoms with Crippen molar-refractivity contribution in [3.63, 3.8) is 0 Å². The van der Waals surface area contributed by atoms with Gasteiger partial charge in [-0.15, -0.1) is 0 Å². The summed E-state index contributed by atoms with van der Waals surface area (Å²) in [5.74, 6) is -0.755. The first-order chi connectivity index (χ1) is 15.0. The monoisotopic (exact) mass is 441 g/mol. The van der Waals surface area contributed by atoms with Crippen LogP contribution in [0.15, 0.2) is 42.5 Å². The molecule has 3 aromatic rings. The van der Waals surface area contributed by atoms with Crippen molar-refractivity contribution in [3.8, 4) is 16.9 Å². The van der Waals surface area contributed by atoms with Gasteiger partial charge in [-0.2, -0.15) is 5.10 Å². The molecule has 5 nitrogen and oxygen atoms in total. The Labute approximate surface area is 186 Å². The summed E-state index contributed by atoms with van der Waals surface area (Å²) in [5.41, 5.74) is 4.77. The zero-order chi connectivity index (χ0) is 22.0. The van der Waals surface area contributed by atoms with E-state index in [0.29, 0.717) is 36.0 Å². The van der Waals surface area contributed by atoms with Crippen molar-refractivity contribution in [3.05, 3.63) is 70.1 Å². The Morgan fingerprint density at radius 1 is 1.16 bits per heavy atom. The average Bonchev–Trinajstić information content (AvgIpc) is 3.17. The van der Waals surface area contributed by atoms with Crippen molar-refractivity contribution in [2.24, 2.45) is 0 Å². The molecule has 0 amide bonds. The third kappa shape index (κ3) is 4.36. The third-order valence-electron chi connectivity index (χ3n) is 5.75. The number of carbonyl (C=O) groups is 1. The molecule has 0 spiro atoms. The van der Waals surface area contributed by atoms with Gasteiger partial charge >= 0.3 is 5.97 Å². The van der Waals surface area contributed by atoms with Crippen LogP contribution < -0.4 is 0 Å². The van der Waals surface area contributed by atoms with Gasteiger partial charge in [0.05, 0.1) is 11.4 Å². The summed E-state index contributed by atoms with van der Waals surface area (Å²) in [6.45, 7) is 6.96. The zero-order valence-corrected chi connectivity index (χ0v) is 18.5. The number of carbonyl (C=O) groups excluding carboxylic acids is 1. The molecule has 0 aliphatic heterocycles. The highest BCUT2D eigenvalue weighted by molar-refractivity contribution is 6.30. The number of ether oxygens (including phenoxy) is 1. The lowest BCUT2D eigenvalue weighted by atomic mass is 9.89. The maximum Gasteiger partial charge on any atom is 0.359 e. The van der Waals surface area contributed by atoms with Crippen molar-refractivity contribution >= 4 is 17.6 Å². The molecule has 0 atom stereocenters. The van der Waals surface area contributed by atoms with Gasteiger partial charge in [-0.1, -0.05) is 31.5 Å². The standard InChI is InChI=1S/C24H25ClFN3O2/c1-3-28(4-2)13-14-31-24(30)22-21-11-5-16-15-17(25)6-12-20(16)23(21)29(27-22)19-9-7-18(26)8-10-19/h6-10,12,15H,3-5,11,13-14H2,1-2H3. The molecule has 7 heteroatoms. The molecule has 0 saturated carbocycles. The molecule has 0 saturated heterocycles. The van der Waals surface area contributed by atoms with Crippen molar-refractivity contribution < 1.29 is 13.9 Å². The van der Waals surface area contributed by atoms with Crippen molar-refractivity contribution in [2.45, 2.75) is 26.7 Å². The first-order valence-corrected chi connectivity index (χ1v) is 11.0. The molecule has 0 bridgehead atoms. The van der Waals surface area contributed by atoms with Gasteiger partial charge in [-0.3, -0.25) is 0 Å². The van der Waals surface area contributed by atoms with Crippen LogP contribution in [0.2, 0.25) is 5.02 Å². The number of fused-ring (bicyclic) bond motifs is 3. The number of nitrogens with zero attached hydrogens (tertiary/aromatic N) is 3. The Morgan fingerprint density at radius 3 is 2.61 bits per heavy atom. The van der Waals surface area contributed by atoms with E-state index in [4.69, 9.17) is 16.3 Å². The summed E-state index contributed by atoms with van der Waals surface area (Å²) in [4.78, 5) is 15.1. The SMILES string of the molecule is CCN(CC)CCOC(=O)c1nn(-c2ccc(F)cc2)c2c1CCc1cc(Cl)ccc1-2. The van der Waals surface area contributed by atoms with Crippen LogP contribution in [0.25, 0.3) is 16.9 Å². The van der Waals surface area contributed by atoms with E-state index in [2.05, 4.69) is 23.8 Å². The molecule has 0 radical (unpaired) electrons. The van der Waals surface area contributed by atoms with E-state index in [1.807, 2.05) is 18.2 Å². The molecule has 1 aromatic heterocycles. The quantitative estimate of drug-likeness (QED) is 0.488. The maximum absolute atomic E-state index is 13.5. The highest BCUT2D eigenvalue weighted by Gasteiger charge is 2.29. The first kappa shape index (κ1) is 21.5. The third-order valence-corrected chi connectivity index (χ3v) is 5.98. The number of halogens is 2. The van der Waals surface area contributed by atoms with Crippen LogP contribution in [0.3, 0.4) is 0 Å². The predicted molar refractivity (Wildman–Crippen MR) is 119 cm³/mol. The van der Waals surface area contributed by atoms with Gasteiger partial charge in [0.15, 0.2) is 5.69 Å². The van der Waals surface area contributed by atoms with Crippen LogP contribution in [0.1, 0.15) is 35.5 Å². The number of hydrogen-bond donors (Lipinski definition) is 0. The van der Waals surface area contributed by atoms with Gasteiger partial charge in [0.2, 0.25) is 0 Å². The normalized spacial score (nSPS) is 12.5. The zero-order valence-electron chi connectivity index (χ0n) is 17.7. The summed E-state index contributed by atoms with van der Waals surface area (Å²) >= 11 is 6.20. The minimum Gasteiger partial charge on any atom is -0.460 e. The number of likely N-dealkylation sites (N-methyl/N-ethyl adjacent to an activating group) is 1. The largest absolute Gasteiger partial charge is 0.460 e. The molecule has 0 unspecified atom stereocenters. The molecule has 1 heterocycles. The molecule has 0 N–H and O–H groups in total. The van der Waals surface area contributed by atoms with E-state index in [-0.39, 0.29) is 5.82 Å². The predicted octanol–water partition coefficient (Wildman–Crippen LogP) is 4.93. The number of rotatable bonds is 7. The van der Waals surface area contributed by atoms with Crippen molar-refractivity contribution in [1.29, 1.82) is 0 Å². The summed E-state index contributed by atoms with van der Waals surface area (Å²) in [5, 5.41) is 5.30. The molecule has 2 aromatic carbocycles. The van der Waals surface area contributed by atoms with Crippen LogP contribution >= 0.6 is 11.6 Å². The van der Waals surface area contributed by atoms with E-state index in [1.54, 1.807) is 16.8 Å². The number of esters is 1. The number of hydrogen-bond acceptors (Lipinski definition) is 4. The van der Waals surface area contributed by atoms with Crippen molar-refractivity contribution in [1.82, 2.24) is 14.7 Å². The topological polar surface area (TPSA) is 47.4 Å². The van der Waals surface area contributed by atoms with Gasteiger partial charge in [-0.05, 0) is 67.9 Å². The van der Waals surface area contributed by atoms with Crippen LogP contribution in [-0.4, -0.2) is 46.9 Å². The molecular weight excluding hydrogens is 417 g/mol. The lowest BCUT2D eigenvalue weighted by Gasteiger charge is -2.19. The maximum atomic E-state index is 13.5. The Hall–Kier alpha value is -2.70. The van der Waals surface area contributed by atoms with E-state index in [0.717, 1.165) is 41.9 Å². The average molecular weight is 442 g/mol. The van der Waals surface area contributed by atoms with E-state index in [9.17, 15) is 9.18 Å². The summed E-state index contributed by atoms with van der Waals surface area (Å²) in [7, 11) is 0. The van der Waals surface area contributed by atoms with Crippen LogP contribution in [0.4, 0.5) is 4.39 Å². The molecule has 4 rings (SSSR count). The fourth-order valence-corrected chi connectivity index (χ4v) is 4.23. The molecule has 0 fully saturated rings.